The predicted octanol–water partition coefficient (Wildman–Crippen LogP) is 1.96. The molecule has 0 spiro atoms. The lowest BCUT2D eigenvalue weighted by Crippen LogP contribution is -2.28. The molecule has 0 aromatic heterocycles. The van der Waals surface area contributed by atoms with Crippen molar-refractivity contribution in [1.82, 2.24) is 0 Å². The van der Waals surface area contributed by atoms with Crippen molar-refractivity contribution in [2.75, 3.05) is 12.0 Å². The van der Waals surface area contributed by atoms with E-state index in [1.54, 1.807) is 0 Å². The second kappa shape index (κ2) is 4.07. The zero-order chi connectivity index (χ0) is 13.6. The van der Waals surface area contributed by atoms with Crippen LogP contribution < -0.4 is 5.73 Å². The molecule has 0 radical (unpaired) electrons. The first-order chi connectivity index (χ1) is 8.12. The fourth-order valence-corrected chi connectivity index (χ4v) is 3.88. The van der Waals surface area contributed by atoms with Gasteiger partial charge in [0, 0.05) is 17.2 Å². The molecule has 0 unspecified atom stereocenters. The molecule has 0 heterocycles. The zero-order valence-corrected chi connectivity index (χ0v) is 12.0. The average molecular weight is 267 g/mol. The summed E-state index contributed by atoms with van der Waals surface area (Å²) in [6.07, 6.45) is 3.24. The SMILES string of the molecule is CC(C)(N)c1ccc(C2(CS(C)(=O)=O)CC2)cc1. The number of nitrogens with two attached hydrogens (primary N) is 1. The van der Waals surface area contributed by atoms with Crippen LogP contribution in [0.15, 0.2) is 24.3 Å². The molecule has 1 aromatic carbocycles. The van der Waals surface area contributed by atoms with Crippen molar-refractivity contribution in [1.29, 1.82) is 0 Å². The maximum Gasteiger partial charge on any atom is 0.148 e. The van der Waals surface area contributed by atoms with Gasteiger partial charge in [0.25, 0.3) is 0 Å². The van der Waals surface area contributed by atoms with Crippen LogP contribution in [0.4, 0.5) is 0 Å². The van der Waals surface area contributed by atoms with Crippen molar-refractivity contribution >= 4 is 9.84 Å². The van der Waals surface area contributed by atoms with E-state index in [0.717, 1.165) is 24.0 Å². The van der Waals surface area contributed by atoms with Gasteiger partial charge in [0.1, 0.15) is 9.84 Å². The highest BCUT2D eigenvalue weighted by atomic mass is 32.2. The van der Waals surface area contributed by atoms with E-state index in [9.17, 15) is 8.42 Å². The van der Waals surface area contributed by atoms with E-state index in [2.05, 4.69) is 0 Å². The molecule has 2 rings (SSSR count). The first kappa shape index (κ1) is 13.6. The van der Waals surface area contributed by atoms with Gasteiger partial charge in [-0.1, -0.05) is 24.3 Å². The van der Waals surface area contributed by atoms with E-state index >= 15 is 0 Å². The van der Waals surface area contributed by atoms with E-state index in [4.69, 9.17) is 5.73 Å². The number of sulfone groups is 1. The first-order valence-corrected chi connectivity index (χ1v) is 8.26. The summed E-state index contributed by atoms with van der Waals surface area (Å²) in [5.74, 6) is 0.255. The van der Waals surface area contributed by atoms with Crippen LogP contribution in [0, 0.1) is 0 Å². The lowest BCUT2D eigenvalue weighted by Gasteiger charge is -2.21. The van der Waals surface area contributed by atoms with Gasteiger partial charge in [0.15, 0.2) is 0 Å². The Morgan fingerprint density at radius 2 is 1.72 bits per heavy atom. The topological polar surface area (TPSA) is 60.2 Å². The number of hydrogen-bond donors (Lipinski definition) is 1. The van der Waals surface area contributed by atoms with Crippen LogP contribution in [-0.4, -0.2) is 20.4 Å². The quantitative estimate of drug-likeness (QED) is 0.907. The van der Waals surface area contributed by atoms with Crippen molar-refractivity contribution in [3.63, 3.8) is 0 Å². The Balaban J connectivity index is 2.26. The van der Waals surface area contributed by atoms with Crippen molar-refractivity contribution in [2.45, 2.75) is 37.6 Å². The second-order valence-electron chi connectivity index (χ2n) is 6.15. The van der Waals surface area contributed by atoms with Crippen molar-refractivity contribution in [3.05, 3.63) is 35.4 Å². The van der Waals surface area contributed by atoms with Gasteiger partial charge in [-0.3, -0.25) is 0 Å². The molecular formula is C14H21NO2S. The Hall–Kier alpha value is -0.870. The van der Waals surface area contributed by atoms with Gasteiger partial charge in [-0.15, -0.1) is 0 Å². The number of hydrogen-bond acceptors (Lipinski definition) is 3. The van der Waals surface area contributed by atoms with Crippen LogP contribution in [-0.2, 0) is 20.8 Å². The molecule has 3 nitrogen and oxygen atoms in total. The third-order valence-electron chi connectivity index (χ3n) is 3.63. The summed E-state index contributed by atoms with van der Waals surface area (Å²) in [6.45, 7) is 3.93. The largest absolute Gasteiger partial charge is 0.322 e. The van der Waals surface area contributed by atoms with Gasteiger partial charge >= 0.3 is 0 Å². The molecule has 1 aromatic rings. The fourth-order valence-electron chi connectivity index (χ4n) is 2.42. The van der Waals surface area contributed by atoms with Crippen LogP contribution in [0.3, 0.4) is 0 Å². The molecule has 0 bridgehead atoms. The van der Waals surface area contributed by atoms with E-state index in [0.29, 0.717) is 0 Å². The maximum absolute atomic E-state index is 11.5. The lowest BCUT2D eigenvalue weighted by molar-refractivity contribution is 0.553. The molecule has 2 N–H and O–H groups in total. The summed E-state index contributed by atoms with van der Waals surface area (Å²) in [6, 6.07) is 8.08. The Kier molecular flexibility index (Phi) is 3.06. The minimum Gasteiger partial charge on any atom is -0.322 e. The highest BCUT2D eigenvalue weighted by molar-refractivity contribution is 7.90. The summed E-state index contributed by atoms with van der Waals surface area (Å²) in [5.41, 5.74) is 7.74. The van der Waals surface area contributed by atoms with Gasteiger partial charge in [-0.25, -0.2) is 8.42 Å². The second-order valence-corrected chi connectivity index (χ2v) is 8.29. The van der Waals surface area contributed by atoms with Gasteiger partial charge in [0.2, 0.25) is 0 Å². The van der Waals surface area contributed by atoms with Crippen LogP contribution in [0.5, 0.6) is 0 Å². The molecule has 1 aliphatic rings. The molecule has 0 saturated heterocycles. The predicted molar refractivity (Wildman–Crippen MR) is 74.3 cm³/mol. The molecule has 18 heavy (non-hydrogen) atoms. The Labute approximate surface area is 109 Å². The molecule has 1 fully saturated rings. The summed E-state index contributed by atoms with van der Waals surface area (Å²) in [4.78, 5) is 0. The van der Waals surface area contributed by atoms with E-state index < -0.39 is 9.84 Å². The van der Waals surface area contributed by atoms with Gasteiger partial charge < -0.3 is 5.73 Å². The van der Waals surface area contributed by atoms with Gasteiger partial charge in [-0.05, 0) is 37.8 Å². The minimum atomic E-state index is -2.93. The lowest BCUT2D eigenvalue weighted by atomic mass is 9.91. The van der Waals surface area contributed by atoms with E-state index in [-0.39, 0.29) is 16.7 Å². The van der Waals surface area contributed by atoms with E-state index in [1.807, 2.05) is 38.1 Å². The third-order valence-corrected chi connectivity index (χ3v) is 4.71. The van der Waals surface area contributed by atoms with Crippen LogP contribution in [0.25, 0.3) is 0 Å². The summed E-state index contributed by atoms with van der Waals surface area (Å²) >= 11 is 0. The highest BCUT2D eigenvalue weighted by Crippen LogP contribution is 2.49. The Morgan fingerprint density at radius 3 is 2.06 bits per heavy atom. The highest BCUT2D eigenvalue weighted by Gasteiger charge is 2.46. The monoisotopic (exact) mass is 267 g/mol. The molecule has 0 aliphatic heterocycles. The Morgan fingerprint density at radius 1 is 1.22 bits per heavy atom. The van der Waals surface area contributed by atoms with Crippen molar-refractivity contribution in [3.8, 4) is 0 Å². The normalized spacial score (nSPS) is 18.7. The molecule has 100 valence electrons. The van der Waals surface area contributed by atoms with Crippen LogP contribution in [0.2, 0.25) is 0 Å². The molecule has 1 aliphatic carbocycles. The molecule has 4 heteroatoms. The zero-order valence-electron chi connectivity index (χ0n) is 11.2. The standard InChI is InChI=1S/C14H21NO2S/c1-13(2,15)11-4-6-12(7-5-11)14(8-9-14)10-18(3,16)17/h4-7H,8-10,15H2,1-3H3. The van der Waals surface area contributed by atoms with Gasteiger partial charge in [0.05, 0.1) is 5.75 Å². The maximum atomic E-state index is 11.5. The van der Waals surface area contributed by atoms with Crippen LogP contribution >= 0.6 is 0 Å². The minimum absolute atomic E-state index is 0.134. The fraction of sp³-hybridized carbons (Fsp3) is 0.571. The molecule has 0 amide bonds. The Bertz CT molecular complexity index is 534. The van der Waals surface area contributed by atoms with Crippen molar-refractivity contribution < 1.29 is 8.42 Å². The summed E-state index contributed by atoms with van der Waals surface area (Å²) in [7, 11) is -2.93. The average Bonchev–Trinajstić information content (AvgIpc) is 2.95. The summed E-state index contributed by atoms with van der Waals surface area (Å²) < 4.78 is 22.9. The van der Waals surface area contributed by atoms with Crippen molar-refractivity contribution in [2.24, 2.45) is 5.73 Å². The third kappa shape index (κ3) is 2.93. The van der Waals surface area contributed by atoms with E-state index in [1.165, 1.54) is 6.26 Å². The number of rotatable bonds is 4. The van der Waals surface area contributed by atoms with Gasteiger partial charge in [-0.2, -0.15) is 0 Å². The first-order valence-electron chi connectivity index (χ1n) is 6.20. The molecule has 1 saturated carbocycles. The van der Waals surface area contributed by atoms with Crippen LogP contribution in [0.1, 0.15) is 37.8 Å². The smallest absolute Gasteiger partial charge is 0.148 e. The number of benzene rings is 1. The molecule has 0 atom stereocenters. The molecular weight excluding hydrogens is 246 g/mol. The summed E-state index contributed by atoms with van der Waals surface area (Å²) in [5, 5.41) is 0.